The lowest BCUT2D eigenvalue weighted by Gasteiger charge is -2.38. The maximum absolute atomic E-state index is 9.49. The Hall–Kier alpha value is -0.200. The summed E-state index contributed by atoms with van der Waals surface area (Å²) in [5.74, 6) is 0. The van der Waals surface area contributed by atoms with Crippen molar-refractivity contribution in [3.05, 3.63) is 0 Å². The van der Waals surface area contributed by atoms with Gasteiger partial charge in [-0.15, -0.1) is 0 Å². The zero-order chi connectivity index (χ0) is 10.7. The van der Waals surface area contributed by atoms with E-state index in [4.69, 9.17) is 9.47 Å². The van der Waals surface area contributed by atoms with E-state index in [1.807, 2.05) is 6.92 Å². The highest BCUT2D eigenvalue weighted by Gasteiger charge is 2.42. The second kappa shape index (κ2) is 5.04. The highest BCUT2D eigenvalue weighted by molar-refractivity contribution is 4.86. The van der Waals surface area contributed by atoms with Crippen molar-refractivity contribution in [2.24, 2.45) is 0 Å². The average Bonchev–Trinajstić information content (AvgIpc) is 2.18. The molecule has 5 atom stereocenters. The van der Waals surface area contributed by atoms with E-state index < -0.39 is 30.7 Å². The van der Waals surface area contributed by atoms with Gasteiger partial charge in [-0.05, 0) is 13.3 Å². The molecule has 14 heavy (non-hydrogen) atoms. The van der Waals surface area contributed by atoms with Crippen molar-refractivity contribution < 1.29 is 24.8 Å². The summed E-state index contributed by atoms with van der Waals surface area (Å²) in [6.45, 7) is 4.02. The minimum Gasteiger partial charge on any atom is -0.388 e. The zero-order valence-corrected chi connectivity index (χ0v) is 8.46. The minimum atomic E-state index is -1.21. The Labute approximate surface area is 83.3 Å². The molecule has 1 heterocycles. The molecule has 1 aliphatic rings. The molecule has 0 bridgehead atoms. The largest absolute Gasteiger partial charge is 0.388 e. The predicted octanol–water partition coefficient (Wildman–Crippen LogP) is -0.760. The fraction of sp³-hybridized carbons (Fsp3) is 1.00. The van der Waals surface area contributed by atoms with Crippen LogP contribution in [0.1, 0.15) is 20.3 Å². The molecule has 3 N–H and O–H groups in total. The van der Waals surface area contributed by atoms with Gasteiger partial charge in [-0.3, -0.25) is 0 Å². The third-order valence-electron chi connectivity index (χ3n) is 2.29. The summed E-state index contributed by atoms with van der Waals surface area (Å²) in [4.78, 5) is 0. The molecule has 5 nitrogen and oxygen atoms in total. The molecule has 0 aromatic rings. The number of aliphatic hydroxyl groups is 3. The lowest BCUT2D eigenvalue weighted by Crippen LogP contribution is -2.57. The van der Waals surface area contributed by atoms with E-state index in [-0.39, 0.29) is 0 Å². The fourth-order valence-corrected chi connectivity index (χ4v) is 1.39. The molecule has 0 aromatic carbocycles. The normalized spacial score (nSPS) is 43.9. The quantitative estimate of drug-likeness (QED) is 0.565. The maximum Gasteiger partial charge on any atom is 0.186 e. The Balaban J connectivity index is 2.52. The van der Waals surface area contributed by atoms with Crippen LogP contribution in [0.3, 0.4) is 0 Å². The summed E-state index contributed by atoms with van der Waals surface area (Å²) in [5.41, 5.74) is 0. The van der Waals surface area contributed by atoms with E-state index in [1.165, 1.54) is 0 Å². The molecule has 84 valence electrons. The van der Waals surface area contributed by atoms with Gasteiger partial charge in [0.05, 0.1) is 6.10 Å². The summed E-state index contributed by atoms with van der Waals surface area (Å²) < 4.78 is 10.4. The van der Waals surface area contributed by atoms with Gasteiger partial charge >= 0.3 is 0 Å². The Kier molecular flexibility index (Phi) is 4.28. The summed E-state index contributed by atoms with van der Waals surface area (Å²) >= 11 is 0. The molecule has 1 fully saturated rings. The Morgan fingerprint density at radius 1 is 1.14 bits per heavy atom. The van der Waals surface area contributed by atoms with E-state index in [2.05, 4.69) is 0 Å². The van der Waals surface area contributed by atoms with Crippen molar-refractivity contribution >= 4 is 0 Å². The second-order valence-electron chi connectivity index (χ2n) is 3.55. The lowest BCUT2D eigenvalue weighted by atomic mass is 10.0. The van der Waals surface area contributed by atoms with Gasteiger partial charge in [0.25, 0.3) is 0 Å². The highest BCUT2D eigenvalue weighted by Crippen LogP contribution is 2.21. The van der Waals surface area contributed by atoms with Gasteiger partial charge in [0.15, 0.2) is 6.29 Å². The second-order valence-corrected chi connectivity index (χ2v) is 3.55. The zero-order valence-electron chi connectivity index (χ0n) is 8.46. The standard InChI is InChI=1S/C9H18O5/c1-3-4-13-9-8(12)7(11)6(10)5(2)14-9/h5-12H,3-4H2,1-2H3/t5?,6-,7+,8?,9-/m1/s1. The van der Waals surface area contributed by atoms with Gasteiger partial charge in [0, 0.05) is 6.61 Å². The van der Waals surface area contributed by atoms with Crippen molar-refractivity contribution in [1.82, 2.24) is 0 Å². The molecule has 0 amide bonds. The molecule has 1 aliphatic heterocycles. The first-order chi connectivity index (χ1) is 6.57. The first-order valence-corrected chi connectivity index (χ1v) is 4.89. The molecule has 0 saturated carbocycles. The van der Waals surface area contributed by atoms with Gasteiger partial charge in [-0.1, -0.05) is 6.92 Å². The monoisotopic (exact) mass is 206 g/mol. The first-order valence-electron chi connectivity index (χ1n) is 4.89. The molecule has 2 unspecified atom stereocenters. The van der Waals surface area contributed by atoms with Crippen LogP contribution in [-0.2, 0) is 9.47 Å². The average molecular weight is 206 g/mol. The summed E-state index contributed by atoms with van der Waals surface area (Å²) in [7, 11) is 0. The first kappa shape index (κ1) is 11.9. The molecule has 0 aromatic heterocycles. The van der Waals surface area contributed by atoms with Crippen molar-refractivity contribution in [2.45, 2.75) is 51.0 Å². The van der Waals surface area contributed by atoms with Crippen molar-refractivity contribution in [1.29, 1.82) is 0 Å². The van der Waals surface area contributed by atoms with Gasteiger partial charge < -0.3 is 24.8 Å². The molecular weight excluding hydrogens is 188 g/mol. The molecule has 0 aliphatic carbocycles. The van der Waals surface area contributed by atoms with Crippen LogP contribution < -0.4 is 0 Å². The van der Waals surface area contributed by atoms with E-state index >= 15 is 0 Å². The summed E-state index contributed by atoms with van der Waals surface area (Å²) in [5, 5.41) is 28.3. The van der Waals surface area contributed by atoms with Crippen molar-refractivity contribution in [3.63, 3.8) is 0 Å². The number of hydrogen-bond acceptors (Lipinski definition) is 5. The van der Waals surface area contributed by atoms with E-state index in [0.717, 1.165) is 6.42 Å². The molecule has 0 radical (unpaired) electrons. The summed E-state index contributed by atoms with van der Waals surface area (Å²) in [6.07, 6.45) is -4.03. The van der Waals surface area contributed by atoms with E-state index in [1.54, 1.807) is 6.92 Å². The molecule has 1 saturated heterocycles. The van der Waals surface area contributed by atoms with Crippen LogP contribution in [0.15, 0.2) is 0 Å². The Morgan fingerprint density at radius 2 is 1.79 bits per heavy atom. The van der Waals surface area contributed by atoms with E-state index in [0.29, 0.717) is 6.61 Å². The Bertz CT molecular complexity index is 175. The van der Waals surface area contributed by atoms with Crippen LogP contribution in [0.2, 0.25) is 0 Å². The van der Waals surface area contributed by atoms with Crippen LogP contribution in [0.4, 0.5) is 0 Å². The van der Waals surface area contributed by atoms with Crippen LogP contribution in [-0.4, -0.2) is 52.6 Å². The number of aliphatic hydroxyl groups excluding tert-OH is 3. The molecular formula is C9H18O5. The fourth-order valence-electron chi connectivity index (χ4n) is 1.39. The van der Waals surface area contributed by atoms with Gasteiger partial charge in [-0.25, -0.2) is 0 Å². The molecule has 5 heteroatoms. The van der Waals surface area contributed by atoms with Crippen molar-refractivity contribution in [3.8, 4) is 0 Å². The van der Waals surface area contributed by atoms with Crippen LogP contribution in [0.5, 0.6) is 0 Å². The van der Waals surface area contributed by atoms with Crippen molar-refractivity contribution in [2.75, 3.05) is 6.61 Å². The summed E-state index contributed by atoms with van der Waals surface area (Å²) in [6, 6.07) is 0. The SMILES string of the molecule is CCCO[C@@H]1OC(C)[C@@H](O)[C@H](O)C1O. The highest BCUT2D eigenvalue weighted by atomic mass is 16.7. The number of hydrogen-bond donors (Lipinski definition) is 3. The third-order valence-corrected chi connectivity index (χ3v) is 2.29. The smallest absolute Gasteiger partial charge is 0.186 e. The van der Waals surface area contributed by atoms with Gasteiger partial charge in [0.2, 0.25) is 0 Å². The third kappa shape index (κ3) is 2.43. The van der Waals surface area contributed by atoms with Crippen LogP contribution in [0.25, 0.3) is 0 Å². The molecule has 0 spiro atoms. The molecule has 1 rings (SSSR count). The van der Waals surface area contributed by atoms with Crippen LogP contribution >= 0.6 is 0 Å². The minimum absolute atomic E-state index is 0.456. The van der Waals surface area contributed by atoms with Gasteiger partial charge in [-0.2, -0.15) is 0 Å². The van der Waals surface area contributed by atoms with Crippen LogP contribution in [0, 0.1) is 0 Å². The topological polar surface area (TPSA) is 79.2 Å². The number of ether oxygens (including phenoxy) is 2. The Morgan fingerprint density at radius 3 is 2.36 bits per heavy atom. The van der Waals surface area contributed by atoms with E-state index in [9.17, 15) is 15.3 Å². The maximum atomic E-state index is 9.49. The number of rotatable bonds is 3. The lowest BCUT2D eigenvalue weighted by molar-refractivity contribution is -0.293. The van der Waals surface area contributed by atoms with Gasteiger partial charge in [0.1, 0.15) is 18.3 Å². The predicted molar refractivity (Wildman–Crippen MR) is 48.6 cm³/mol.